The molecule has 1 radical (unpaired) electrons. The summed E-state index contributed by atoms with van der Waals surface area (Å²) in [6.07, 6.45) is 0.718. The first-order valence-corrected chi connectivity index (χ1v) is 3.21. The third-order valence-electron chi connectivity index (χ3n) is 1.80. The molecule has 0 spiro atoms. The van der Waals surface area contributed by atoms with Crippen molar-refractivity contribution in [2.75, 3.05) is 7.05 Å². The van der Waals surface area contributed by atoms with Crippen molar-refractivity contribution < 1.29 is 30.9 Å². The van der Waals surface area contributed by atoms with E-state index in [-0.39, 0.29) is 25.8 Å². The van der Waals surface area contributed by atoms with Gasteiger partial charge in [0.05, 0.1) is 5.60 Å². The Morgan fingerprint density at radius 3 is 2.10 bits per heavy atom. The molecular weight excluding hydrogens is 159 g/mol. The molecule has 2 nitrogen and oxygen atoms in total. The van der Waals surface area contributed by atoms with Crippen LogP contribution in [-0.4, -0.2) is 23.5 Å². The Bertz CT molecular complexity index is 121. The van der Waals surface area contributed by atoms with Gasteiger partial charge in [0.15, 0.2) is 0 Å². The number of hydrogen-bond acceptors (Lipinski definition) is 2. The molecule has 0 aliphatic carbocycles. The Hall–Kier alpha value is 0.500. The summed E-state index contributed by atoms with van der Waals surface area (Å²) in [7, 11) is 1.69. The van der Waals surface area contributed by atoms with E-state index in [9.17, 15) is 5.11 Å². The number of hydrogen-bond donors (Lipinski definition) is 1. The summed E-state index contributed by atoms with van der Waals surface area (Å²) >= 11 is 0. The third kappa shape index (κ3) is 3.62. The van der Waals surface area contributed by atoms with Crippen LogP contribution in [0.2, 0.25) is 0 Å². The van der Waals surface area contributed by atoms with Gasteiger partial charge in [-0.1, -0.05) is 6.92 Å². The Kier molecular flexibility index (Phi) is 6.81. The number of rotatable bonds is 2. The van der Waals surface area contributed by atoms with Gasteiger partial charge in [0, 0.05) is 38.6 Å². The molecule has 0 aromatic carbocycles. The number of nitrogens with zero attached hydrogens (tertiary/aromatic N) is 1. The first-order valence-electron chi connectivity index (χ1n) is 3.21. The molecule has 0 aliphatic rings. The molecule has 0 bridgehead atoms. The van der Waals surface area contributed by atoms with Gasteiger partial charge in [0.1, 0.15) is 0 Å². The second kappa shape index (κ2) is 5.19. The van der Waals surface area contributed by atoms with Gasteiger partial charge in [0.2, 0.25) is 0 Å². The maximum atomic E-state index is 9.46. The quantitative estimate of drug-likeness (QED) is 0.627. The van der Waals surface area contributed by atoms with Crippen molar-refractivity contribution in [3.63, 3.8) is 0 Å². The molecule has 0 saturated heterocycles. The van der Waals surface area contributed by atoms with Crippen LogP contribution in [0.5, 0.6) is 0 Å². The van der Waals surface area contributed by atoms with E-state index >= 15 is 0 Å². The van der Waals surface area contributed by atoms with Crippen LogP contribution in [0, 0.1) is 0 Å². The molecule has 0 heterocycles. The van der Waals surface area contributed by atoms with Crippen LogP contribution >= 0.6 is 0 Å². The first-order chi connectivity index (χ1) is 4.04. The van der Waals surface area contributed by atoms with Crippen LogP contribution in [0.1, 0.15) is 27.2 Å². The van der Waals surface area contributed by atoms with Crippen LogP contribution in [0.4, 0.5) is 0 Å². The molecule has 0 aliphatic heterocycles. The fourth-order valence-electron chi connectivity index (χ4n) is 0.497. The van der Waals surface area contributed by atoms with Crippen LogP contribution in [0.3, 0.4) is 0 Å². The summed E-state index contributed by atoms with van der Waals surface area (Å²) in [6, 6.07) is 0. The first kappa shape index (κ1) is 13.1. The maximum Gasteiger partial charge on any atom is 0.0988 e. The van der Waals surface area contributed by atoms with Gasteiger partial charge in [-0.15, -0.1) is 0 Å². The second-order valence-corrected chi connectivity index (χ2v) is 2.44. The molecule has 0 saturated carbocycles. The largest absolute Gasteiger partial charge is 0.384 e. The predicted octanol–water partition coefficient (Wildman–Crippen LogP) is 1.24. The predicted molar refractivity (Wildman–Crippen MR) is 39.9 cm³/mol. The van der Waals surface area contributed by atoms with Gasteiger partial charge in [-0.3, -0.25) is 4.99 Å². The van der Waals surface area contributed by atoms with Crippen molar-refractivity contribution in [2.45, 2.75) is 32.8 Å². The maximum absolute atomic E-state index is 9.46. The van der Waals surface area contributed by atoms with E-state index in [1.165, 1.54) is 0 Å². The minimum Gasteiger partial charge on any atom is -0.384 e. The van der Waals surface area contributed by atoms with Crippen molar-refractivity contribution in [2.24, 2.45) is 4.99 Å². The minimum atomic E-state index is -0.700. The van der Waals surface area contributed by atoms with Crippen molar-refractivity contribution in [1.82, 2.24) is 0 Å². The molecule has 0 amide bonds. The Balaban J connectivity index is 0. The van der Waals surface area contributed by atoms with E-state index in [2.05, 4.69) is 4.99 Å². The van der Waals surface area contributed by atoms with E-state index in [4.69, 9.17) is 0 Å². The zero-order valence-corrected chi connectivity index (χ0v) is 8.98. The Labute approximate surface area is 81.5 Å². The molecule has 0 fully saturated rings. The summed E-state index contributed by atoms with van der Waals surface area (Å²) in [5.74, 6) is 0. The van der Waals surface area contributed by atoms with Crippen LogP contribution < -0.4 is 0 Å². The van der Waals surface area contributed by atoms with Crippen molar-refractivity contribution in [3.05, 3.63) is 0 Å². The van der Waals surface area contributed by atoms with Crippen molar-refractivity contribution >= 4 is 5.71 Å². The van der Waals surface area contributed by atoms with Crippen LogP contribution in [0.25, 0.3) is 0 Å². The summed E-state index contributed by atoms with van der Waals surface area (Å²) in [6.45, 7) is 5.55. The van der Waals surface area contributed by atoms with Crippen molar-refractivity contribution in [3.8, 4) is 0 Å². The minimum absolute atomic E-state index is 0. The van der Waals surface area contributed by atoms with Gasteiger partial charge < -0.3 is 5.11 Å². The van der Waals surface area contributed by atoms with E-state index < -0.39 is 5.60 Å². The molecule has 1 unspecified atom stereocenters. The average Bonchev–Trinajstić information content (AvgIpc) is 1.86. The summed E-state index contributed by atoms with van der Waals surface area (Å²) in [4.78, 5) is 3.90. The molecule has 0 aromatic heterocycles. The number of aliphatic hydroxyl groups is 1. The zero-order chi connectivity index (χ0) is 7.49. The Morgan fingerprint density at radius 2 is 2.00 bits per heavy atom. The molecule has 0 rings (SSSR count). The second-order valence-electron chi connectivity index (χ2n) is 2.44. The zero-order valence-electron chi connectivity index (χ0n) is 7.18. The van der Waals surface area contributed by atoms with E-state index in [1.807, 2.05) is 13.8 Å². The van der Waals surface area contributed by atoms with Gasteiger partial charge in [-0.25, -0.2) is 0 Å². The molecule has 57 valence electrons. The average molecular weight is 174 g/mol. The molecule has 1 N–H and O–H groups in total. The van der Waals surface area contributed by atoms with Gasteiger partial charge in [-0.2, -0.15) is 0 Å². The smallest absolute Gasteiger partial charge is 0.0988 e. The fraction of sp³-hybridized carbons (Fsp3) is 0.857. The van der Waals surface area contributed by atoms with Gasteiger partial charge >= 0.3 is 0 Å². The standard InChI is InChI=1S/C7H15NO.Sc/c1-5-7(3,9)6(2)8-4;/h9H,5H2,1-4H3;. The van der Waals surface area contributed by atoms with E-state index in [0.29, 0.717) is 0 Å². The Morgan fingerprint density at radius 1 is 1.60 bits per heavy atom. The normalized spacial score (nSPS) is 17.5. The number of aliphatic imine (C=N–C) groups is 1. The summed E-state index contributed by atoms with van der Waals surface area (Å²) in [5, 5.41) is 9.46. The van der Waals surface area contributed by atoms with Crippen LogP contribution in [0.15, 0.2) is 4.99 Å². The molecular formula is C7H15NOSc. The molecule has 1 atom stereocenters. The summed E-state index contributed by atoms with van der Waals surface area (Å²) in [5.41, 5.74) is 0.0966. The topological polar surface area (TPSA) is 32.6 Å². The fourth-order valence-corrected chi connectivity index (χ4v) is 0.497. The summed E-state index contributed by atoms with van der Waals surface area (Å²) < 4.78 is 0. The third-order valence-corrected chi connectivity index (χ3v) is 1.80. The van der Waals surface area contributed by atoms with Gasteiger partial charge in [0.25, 0.3) is 0 Å². The SMILES string of the molecule is CCC(C)(O)C(C)=NC.[Sc]. The van der Waals surface area contributed by atoms with Gasteiger partial charge in [-0.05, 0) is 20.3 Å². The molecule has 3 heteroatoms. The monoisotopic (exact) mass is 174 g/mol. The van der Waals surface area contributed by atoms with Crippen LogP contribution in [-0.2, 0) is 25.8 Å². The van der Waals surface area contributed by atoms with E-state index in [1.54, 1.807) is 14.0 Å². The molecule has 10 heavy (non-hydrogen) atoms. The van der Waals surface area contributed by atoms with Crippen molar-refractivity contribution in [1.29, 1.82) is 0 Å². The van der Waals surface area contributed by atoms with E-state index in [0.717, 1.165) is 12.1 Å². The molecule has 0 aromatic rings.